The van der Waals surface area contributed by atoms with Gasteiger partial charge < -0.3 is 26.3 Å². The van der Waals surface area contributed by atoms with Crippen molar-refractivity contribution in [1.82, 2.24) is 9.69 Å². The Labute approximate surface area is 244 Å². The first-order valence-electron chi connectivity index (χ1n) is 13.7. The zero-order valence-electron chi connectivity index (χ0n) is 23.8. The number of methoxy groups -OCH3 is 2. The van der Waals surface area contributed by atoms with Gasteiger partial charge in [0.1, 0.15) is 10.9 Å². The topological polar surface area (TPSA) is 150 Å². The van der Waals surface area contributed by atoms with Crippen LogP contribution in [0.1, 0.15) is 89.2 Å². The lowest BCUT2D eigenvalue weighted by atomic mass is 9.94. The van der Waals surface area contributed by atoms with Crippen molar-refractivity contribution in [3.05, 3.63) is 64.2 Å². The Bertz CT molecular complexity index is 1400. The second kappa shape index (κ2) is 13.0. The van der Waals surface area contributed by atoms with Gasteiger partial charge >= 0.3 is 0 Å². The lowest BCUT2D eigenvalue weighted by Crippen LogP contribution is -2.47. The molecule has 10 nitrogen and oxygen atoms in total. The monoisotopic (exact) mass is 579 g/mol. The van der Waals surface area contributed by atoms with E-state index in [0.29, 0.717) is 22.7 Å². The molecule has 41 heavy (non-hydrogen) atoms. The van der Waals surface area contributed by atoms with Crippen LogP contribution in [-0.4, -0.2) is 42.4 Å². The van der Waals surface area contributed by atoms with E-state index in [1.165, 1.54) is 19.1 Å². The molecule has 218 valence electrons. The molecule has 1 aliphatic rings. The van der Waals surface area contributed by atoms with Gasteiger partial charge in [-0.1, -0.05) is 51.3 Å². The lowest BCUT2D eigenvalue weighted by molar-refractivity contribution is -0.123. The molecule has 1 atom stereocenters. The fourth-order valence-electron chi connectivity index (χ4n) is 5.11. The highest BCUT2D eigenvalue weighted by Gasteiger charge is 2.37. The van der Waals surface area contributed by atoms with Gasteiger partial charge in [0.2, 0.25) is 5.91 Å². The highest BCUT2D eigenvalue weighted by Crippen LogP contribution is 2.37. The minimum absolute atomic E-state index is 0.00546. The summed E-state index contributed by atoms with van der Waals surface area (Å²) in [5.41, 5.74) is 13.4. The highest BCUT2D eigenvalue weighted by atomic mass is 32.1. The Kier molecular flexibility index (Phi) is 9.49. The number of benzene rings is 2. The maximum atomic E-state index is 14.3. The molecule has 11 heteroatoms. The molecule has 1 aromatic heterocycles. The molecular formula is C30H37N5O5S. The van der Waals surface area contributed by atoms with E-state index in [4.69, 9.17) is 20.9 Å². The van der Waals surface area contributed by atoms with Gasteiger partial charge in [0.05, 0.1) is 19.9 Å². The summed E-state index contributed by atoms with van der Waals surface area (Å²) in [5, 5.41) is 3.19. The molecule has 0 aliphatic heterocycles. The van der Waals surface area contributed by atoms with Gasteiger partial charge in [-0.3, -0.25) is 19.3 Å². The smallest absolute Gasteiger partial charge is 0.273 e. The van der Waals surface area contributed by atoms with E-state index < -0.39 is 17.9 Å². The zero-order valence-corrected chi connectivity index (χ0v) is 24.6. The molecule has 0 bridgehead atoms. The normalized spacial score (nSPS) is 14.4. The molecule has 3 amide bonds. The fourth-order valence-corrected chi connectivity index (χ4v) is 5.85. The predicted octanol–water partition coefficient (Wildman–Crippen LogP) is 4.80. The molecule has 2 aromatic carbocycles. The molecule has 0 saturated heterocycles. The number of nitrogens with zero attached hydrogens (tertiary/aromatic N) is 2. The molecule has 0 radical (unpaired) electrons. The number of carbonyl (C=O) groups is 3. The number of hydrogen-bond acceptors (Lipinski definition) is 8. The zero-order chi connectivity index (χ0) is 29.7. The van der Waals surface area contributed by atoms with Gasteiger partial charge in [-0.05, 0) is 65.7 Å². The summed E-state index contributed by atoms with van der Waals surface area (Å²) >= 11 is 0.774. The number of aromatic nitrogens is 1. The van der Waals surface area contributed by atoms with Crippen molar-refractivity contribution < 1.29 is 23.9 Å². The maximum absolute atomic E-state index is 14.3. The average molecular weight is 580 g/mol. The van der Waals surface area contributed by atoms with Crippen LogP contribution >= 0.6 is 11.5 Å². The Balaban J connectivity index is 1.89. The van der Waals surface area contributed by atoms with Crippen LogP contribution in [0.15, 0.2) is 42.5 Å². The number of hydrogen-bond donors (Lipinski definition) is 3. The molecule has 4 rings (SSSR count). The van der Waals surface area contributed by atoms with Gasteiger partial charge in [0.15, 0.2) is 17.2 Å². The van der Waals surface area contributed by atoms with E-state index in [9.17, 15) is 14.4 Å². The van der Waals surface area contributed by atoms with Crippen LogP contribution in [0.2, 0.25) is 0 Å². The maximum Gasteiger partial charge on any atom is 0.273 e. The number of carbonyl (C=O) groups excluding carboxylic acids is 3. The van der Waals surface area contributed by atoms with Gasteiger partial charge in [0.25, 0.3) is 11.8 Å². The standard InChI is InChI=1S/C30H37N5O5S/c1-17(2)18-10-13-21(14-11-18)35(30(38)27-24(31)25(28(32)36)34-41-27)26(29(37)33-20-8-6-5-7-9-20)19-12-15-22(39-3)23(16-19)40-4/h10-17,20,26H,5-9,31H2,1-4H3,(H2,32,36)(H,33,37)/t26-/m1/s1. The second-order valence-electron chi connectivity index (χ2n) is 10.4. The third-order valence-corrected chi connectivity index (χ3v) is 8.24. The van der Waals surface area contributed by atoms with Crippen molar-refractivity contribution in [3.63, 3.8) is 0 Å². The van der Waals surface area contributed by atoms with Crippen molar-refractivity contribution in [2.45, 2.75) is 64.0 Å². The van der Waals surface area contributed by atoms with Crippen LogP contribution < -0.4 is 31.2 Å². The molecule has 1 heterocycles. The fraction of sp³-hybridized carbons (Fsp3) is 0.400. The number of nitrogens with two attached hydrogens (primary N) is 2. The summed E-state index contributed by atoms with van der Waals surface area (Å²) in [7, 11) is 3.04. The summed E-state index contributed by atoms with van der Waals surface area (Å²) in [4.78, 5) is 41.8. The summed E-state index contributed by atoms with van der Waals surface area (Å²) in [6, 6.07) is 11.5. The minimum Gasteiger partial charge on any atom is -0.493 e. The molecule has 1 aliphatic carbocycles. The van der Waals surface area contributed by atoms with Crippen molar-refractivity contribution in [1.29, 1.82) is 0 Å². The second-order valence-corrected chi connectivity index (χ2v) is 11.2. The van der Waals surface area contributed by atoms with E-state index >= 15 is 0 Å². The lowest BCUT2D eigenvalue weighted by Gasteiger charge is -2.33. The van der Waals surface area contributed by atoms with Gasteiger partial charge in [-0.25, -0.2) is 0 Å². The van der Waals surface area contributed by atoms with E-state index in [2.05, 4.69) is 23.5 Å². The molecule has 3 aromatic rings. The van der Waals surface area contributed by atoms with Crippen LogP contribution in [0.25, 0.3) is 0 Å². The number of nitrogens with one attached hydrogen (secondary N) is 1. The first-order chi connectivity index (χ1) is 19.7. The average Bonchev–Trinajstić information content (AvgIpc) is 3.37. The summed E-state index contributed by atoms with van der Waals surface area (Å²) < 4.78 is 15.0. The van der Waals surface area contributed by atoms with Crippen LogP contribution in [0.5, 0.6) is 11.5 Å². The van der Waals surface area contributed by atoms with Gasteiger partial charge in [0, 0.05) is 11.7 Å². The van der Waals surface area contributed by atoms with Gasteiger partial charge in [-0.15, -0.1) is 0 Å². The van der Waals surface area contributed by atoms with Crippen LogP contribution in [-0.2, 0) is 4.79 Å². The molecule has 5 N–H and O–H groups in total. The first kappa shape index (κ1) is 29.9. The third-order valence-electron chi connectivity index (χ3n) is 7.39. The largest absolute Gasteiger partial charge is 0.493 e. The summed E-state index contributed by atoms with van der Waals surface area (Å²) in [6.07, 6.45) is 4.92. The number of anilines is 2. The van der Waals surface area contributed by atoms with Gasteiger partial charge in [-0.2, -0.15) is 4.37 Å². The van der Waals surface area contributed by atoms with Crippen molar-refractivity contribution in [3.8, 4) is 11.5 Å². The minimum atomic E-state index is -1.10. The molecular weight excluding hydrogens is 542 g/mol. The predicted molar refractivity (Wildman–Crippen MR) is 160 cm³/mol. The van der Waals surface area contributed by atoms with E-state index in [0.717, 1.165) is 49.2 Å². The number of ether oxygens (including phenoxy) is 2. The Morgan fingerprint density at radius 2 is 1.61 bits per heavy atom. The van der Waals surface area contributed by atoms with Crippen molar-refractivity contribution in [2.75, 3.05) is 24.9 Å². The third kappa shape index (κ3) is 6.45. The number of rotatable bonds is 10. The SMILES string of the molecule is COc1ccc([C@H](C(=O)NC2CCCCC2)N(C(=O)c2snc(C(N)=O)c2N)c2ccc(C(C)C)cc2)cc1OC. The highest BCUT2D eigenvalue weighted by molar-refractivity contribution is 7.09. The molecule has 0 unspecified atom stereocenters. The van der Waals surface area contributed by atoms with E-state index in [1.54, 1.807) is 30.3 Å². The van der Waals surface area contributed by atoms with E-state index in [1.807, 2.05) is 12.1 Å². The van der Waals surface area contributed by atoms with Crippen molar-refractivity contribution in [2.24, 2.45) is 5.73 Å². The van der Waals surface area contributed by atoms with E-state index in [-0.39, 0.29) is 34.1 Å². The number of primary amides is 1. The van der Waals surface area contributed by atoms with Crippen molar-refractivity contribution >= 4 is 40.6 Å². The molecule has 1 saturated carbocycles. The number of nitrogen functional groups attached to an aromatic ring is 1. The summed E-state index contributed by atoms with van der Waals surface area (Å²) in [5.74, 6) is -0.597. The van der Waals surface area contributed by atoms with Crippen LogP contribution in [0.4, 0.5) is 11.4 Å². The Hall–Kier alpha value is -4.12. The molecule has 1 fully saturated rings. The van der Waals surface area contributed by atoms with Crippen LogP contribution in [0, 0.1) is 0 Å². The molecule has 0 spiro atoms. The first-order valence-corrected chi connectivity index (χ1v) is 14.4. The quantitative estimate of drug-likeness (QED) is 0.312. The van der Waals surface area contributed by atoms with Crippen LogP contribution in [0.3, 0.4) is 0 Å². The Morgan fingerprint density at radius 1 is 0.976 bits per heavy atom. The summed E-state index contributed by atoms with van der Waals surface area (Å²) in [6.45, 7) is 4.15. The number of amides is 3. The Morgan fingerprint density at radius 3 is 2.17 bits per heavy atom.